The van der Waals surface area contributed by atoms with Crippen molar-refractivity contribution in [1.82, 2.24) is 14.8 Å². The third kappa shape index (κ3) is 5.39. The molecule has 2 heterocycles. The van der Waals surface area contributed by atoms with E-state index in [1.54, 1.807) is 17.5 Å². The van der Waals surface area contributed by atoms with Gasteiger partial charge in [0, 0.05) is 60.5 Å². The van der Waals surface area contributed by atoms with Crippen LogP contribution in [0.15, 0.2) is 41.8 Å². The highest BCUT2D eigenvalue weighted by atomic mass is 32.1. The van der Waals surface area contributed by atoms with Crippen LogP contribution in [0.4, 0.5) is 5.69 Å². The number of anilines is 1. The fourth-order valence-corrected chi connectivity index (χ4v) is 4.61. The second-order valence-corrected chi connectivity index (χ2v) is 8.94. The van der Waals surface area contributed by atoms with Gasteiger partial charge in [-0.15, -0.1) is 11.3 Å². The molecule has 184 valence electrons. The largest absolute Gasteiger partial charge is 0.493 e. The Balaban J connectivity index is 1.45. The van der Waals surface area contributed by atoms with Crippen LogP contribution >= 0.6 is 11.3 Å². The third-order valence-corrected chi connectivity index (χ3v) is 6.72. The topological polar surface area (TPSA) is 93.2 Å². The number of benzene rings is 2. The number of nitrogens with one attached hydrogen (secondary N) is 1. The summed E-state index contributed by atoms with van der Waals surface area (Å²) in [5.41, 5.74) is 2.27. The molecule has 0 bridgehead atoms. The van der Waals surface area contributed by atoms with Crippen molar-refractivity contribution in [3.8, 4) is 27.8 Å². The summed E-state index contributed by atoms with van der Waals surface area (Å²) in [6, 6.07) is 10.7. The molecule has 0 atom stereocenters. The van der Waals surface area contributed by atoms with E-state index in [9.17, 15) is 9.59 Å². The molecule has 4 rings (SSSR count). The summed E-state index contributed by atoms with van der Waals surface area (Å²) in [6.45, 7) is 3.22. The average Bonchev–Trinajstić information content (AvgIpc) is 3.39. The first-order valence-corrected chi connectivity index (χ1v) is 12.0. The summed E-state index contributed by atoms with van der Waals surface area (Å²) in [7, 11) is 6.60. The van der Waals surface area contributed by atoms with Gasteiger partial charge in [-0.25, -0.2) is 4.98 Å². The monoisotopic (exact) mass is 496 g/mol. The van der Waals surface area contributed by atoms with Gasteiger partial charge in [-0.3, -0.25) is 9.59 Å². The minimum atomic E-state index is -0.358. The summed E-state index contributed by atoms with van der Waals surface area (Å²) >= 11 is 1.36. The Labute approximate surface area is 208 Å². The fourth-order valence-electron chi connectivity index (χ4n) is 3.81. The lowest BCUT2D eigenvalue weighted by Crippen LogP contribution is -2.47. The average molecular weight is 497 g/mol. The number of carbonyl (C=O) groups excluding carboxylic acids is 2. The van der Waals surface area contributed by atoms with Crippen molar-refractivity contribution in [2.24, 2.45) is 0 Å². The highest BCUT2D eigenvalue weighted by molar-refractivity contribution is 7.13. The van der Waals surface area contributed by atoms with Crippen molar-refractivity contribution in [3.63, 3.8) is 0 Å². The van der Waals surface area contributed by atoms with E-state index in [0.29, 0.717) is 33.5 Å². The molecule has 0 aliphatic carbocycles. The van der Waals surface area contributed by atoms with E-state index in [4.69, 9.17) is 14.2 Å². The van der Waals surface area contributed by atoms with Gasteiger partial charge in [0.15, 0.2) is 11.5 Å². The van der Waals surface area contributed by atoms with Crippen molar-refractivity contribution >= 4 is 28.8 Å². The predicted molar refractivity (Wildman–Crippen MR) is 135 cm³/mol. The summed E-state index contributed by atoms with van der Waals surface area (Å²) < 4.78 is 16.0. The maximum absolute atomic E-state index is 12.8. The van der Waals surface area contributed by atoms with E-state index >= 15 is 0 Å². The molecule has 0 unspecified atom stereocenters. The third-order valence-electron chi connectivity index (χ3n) is 5.83. The van der Waals surface area contributed by atoms with Gasteiger partial charge in [0.1, 0.15) is 10.7 Å². The number of aromatic nitrogens is 1. The van der Waals surface area contributed by atoms with Crippen LogP contribution in [-0.2, 0) is 0 Å². The van der Waals surface area contributed by atoms with Gasteiger partial charge in [0.2, 0.25) is 5.75 Å². The molecule has 2 aromatic carbocycles. The second-order valence-electron chi connectivity index (χ2n) is 8.08. The zero-order chi connectivity index (χ0) is 24.9. The van der Waals surface area contributed by atoms with E-state index < -0.39 is 0 Å². The van der Waals surface area contributed by atoms with Gasteiger partial charge in [-0.05, 0) is 19.2 Å². The van der Waals surface area contributed by atoms with Gasteiger partial charge in [-0.1, -0.05) is 12.1 Å². The Bertz CT molecular complexity index is 1180. The van der Waals surface area contributed by atoms with Crippen LogP contribution in [0, 0.1) is 0 Å². The predicted octanol–water partition coefficient (Wildman–Crippen LogP) is 3.48. The number of ether oxygens (including phenoxy) is 3. The molecule has 10 heteroatoms. The van der Waals surface area contributed by atoms with E-state index in [-0.39, 0.29) is 17.5 Å². The molecule has 1 N–H and O–H groups in total. The lowest BCUT2D eigenvalue weighted by atomic mass is 10.1. The Morgan fingerprint density at radius 2 is 1.57 bits per heavy atom. The normalized spacial score (nSPS) is 13.9. The quantitative estimate of drug-likeness (QED) is 0.535. The Morgan fingerprint density at radius 1 is 0.943 bits per heavy atom. The first-order chi connectivity index (χ1) is 16.9. The van der Waals surface area contributed by atoms with Crippen LogP contribution in [0.25, 0.3) is 10.6 Å². The van der Waals surface area contributed by atoms with Gasteiger partial charge in [0.05, 0.1) is 21.3 Å². The Hall–Kier alpha value is -3.63. The number of piperazine rings is 1. The molecule has 3 aromatic rings. The number of amides is 2. The molecule has 2 amide bonds. The van der Waals surface area contributed by atoms with Crippen molar-refractivity contribution in [1.29, 1.82) is 0 Å². The van der Waals surface area contributed by atoms with Crippen molar-refractivity contribution in [2.75, 3.05) is 59.9 Å². The number of thiazole rings is 1. The Morgan fingerprint density at radius 3 is 2.14 bits per heavy atom. The number of rotatable bonds is 7. The number of methoxy groups -OCH3 is 3. The summed E-state index contributed by atoms with van der Waals surface area (Å²) in [6.07, 6.45) is 0. The summed E-state index contributed by atoms with van der Waals surface area (Å²) in [5.74, 6) is 0.996. The standard InChI is InChI=1S/C25H28N4O5S/c1-28-9-11-29(12-10-28)25(31)17-7-5-16(6-8-17)24-27-19(15-35-24)23(30)26-18-13-20(32-2)22(34-4)21(14-18)33-3/h5-8,13-15H,9-12H2,1-4H3,(H,26,30). The van der Waals surface area contributed by atoms with E-state index in [2.05, 4.69) is 22.2 Å². The van der Waals surface area contributed by atoms with E-state index in [1.807, 2.05) is 29.2 Å². The number of likely N-dealkylation sites (N-methyl/N-ethyl adjacent to an activating group) is 1. The van der Waals surface area contributed by atoms with Crippen LogP contribution < -0.4 is 19.5 Å². The molecule has 35 heavy (non-hydrogen) atoms. The first-order valence-electron chi connectivity index (χ1n) is 11.1. The molecule has 0 saturated carbocycles. The van der Waals surface area contributed by atoms with Gasteiger partial charge >= 0.3 is 0 Å². The minimum Gasteiger partial charge on any atom is -0.493 e. The lowest BCUT2D eigenvalue weighted by molar-refractivity contribution is 0.0664. The second kappa shape index (κ2) is 10.7. The maximum atomic E-state index is 12.8. The van der Waals surface area contributed by atoms with Gasteiger partial charge in [-0.2, -0.15) is 0 Å². The van der Waals surface area contributed by atoms with Gasteiger partial charge in [0.25, 0.3) is 11.8 Å². The van der Waals surface area contributed by atoms with Crippen LogP contribution in [0.5, 0.6) is 17.2 Å². The van der Waals surface area contributed by atoms with Crippen LogP contribution in [0.1, 0.15) is 20.8 Å². The molecule has 1 aliphatic heterocycles. The molecule has 0 spiro atoms. The van der Waals surface area contributed by atoms with Crippen molar-refractivity contribution < 1.29 is 23.8 Å². The van der Waals surface area contributed by atoms with Crippen molar-refractivity contribution in [2.45, 2.75) is 0 Å². The van der Waals surface area contributed by atoms with Crippen LogP contribution in [0.2, 0.25) is 0 Å². The zero-order valence-electron chi connectivity index (χ0n) is 20.2. The van der Waals surface area contributed by atoms with Crippen LogP contribution in [-0.4, -0.2) is 81.2 Å². The SMILES string of the molecule is COc1cc(NC(=O)c2csc(-c3ccc(C(=O)N4CCN(C)CC4)cc3)n2)cc(OC)c1OC. The number of hydrogen-bond donors (Lipinski definition) is 1. The molecule has 1 fully saturated rings. The molecule has 9 nitrogen and oxygen atoms in total. The molecular weight excluding hydrogens is 468 g/mol. The molecule has 1 saturated heterocycles. The van der Waals surface area contributed by atoms with E-state index in [1.165, 1.54) is 32.7 Å². The Kier molecular flexibility index (Phi) is 7.52. The number of hydrogen-bond acceptors (Lipinski definition) is 8. The summed E-state index contributed by atoms with van der Waals surface area (Å²) in [4.78, 5) is 34.2. The molecule has 1 aliphatic rings. The fraction of sp³-hybridized carbons (Fsp3) is 0.320. The first kappa shape index (κ1) is 24.5. The lowest BCUT2D eigenvalue weighted by Gasteiger charge is -2.32. The number of nitrogens with zero attached hydrogens (tertiary/aromatic N) is 3. The van der Waals surface area contributed by atoms with Crippen molar-refractivity contribution in [3.05, 3.63) is 53.0 Å². The molecule has 1 aromatic heterocycles. The molecular formula is C25H28N4O5S. The van der Waals surface area contributed by atoms with Crippen LogP contribution in [0.3, 0.4) is 0 Å². The highest BCUT2D eigenvalue weighted by Crippen LogP contribution is 2.40. The van der Waals surface area contributed by atoms with Gasteiger partial charge < -0.3 is 29.3 Å². The smallest absolute Gasteiger partial charge is 0.275 e. The highest BCUT2D eigenvalue weighted by Gasteiger charge is 2.21. The van der Waals surface area contributed by atoms with E-state index in [0.717, 1.165) is 31.7 Å². The summed E-state index contributed by atoms with van der Waals surface area (Å²) in [5, 5.41) is 5.22. The zero-order valence-corrected chi connectivity index (χ0v) is 21.0. The molecule has 0 radical (unpaired) electrons. The maximum Gasteiger partial charge on any atom is 0.275 e. The number of carbonyl (C=O) groups is 2. The minimum absolute atomic E-state index is 0.0363.